The minimum atomic E-state index is -0.753. The van der Waals surface area contributed by atoms with Crippen LogP contribution in [0.5, 0.6) is 0 Å². The molecule has 1 aliphatic heterocycles. The Bertz CT molecular complexity index is 753. The first-order chi connectivity index (χ1) is 12.8. The lowest BCUT2D eigenvalue weighted by molar-refractivity contribution is -0.123. The maximum Gasteiger partial charge on any atom is 0.338 e. The predicted molar refractivity (Wildman–Crippen MR) is 99.7 cm³/mol. The molecule has 9 heteroatoms. The lowest BCUT2D eigenvalue weighted by atomic mass is 10.2. The topological polar surface area (TPSA) is 105 Å². The zero-order valence-corrected chi connectivity index (χ0v) is 16.0. The van der Waals surface area contributed by atoms with Crippen LogP contribution in [0.15, 0.2) is 18.2 Å². The van der Waals surface area contributed by atoms with Gasteiger partial charge < -0.3 is 15.0 Å². The zero-order chi connectivity index (χ0) is 20.0. The SMILES string of the molecule is CC[C@@H](C)NC(=O)NC(=O)COC(=O)c1ccc(Cl)c(N2CCCC2=O)c1. The van der Waals surface area contributed by atoms with E-state index in [4.69, 9.17) is 16.3 Å². The molecule has 1 aliphatic rings. The molecule has 2 rings (SSSR count). The van der Waals surface area contributed by atoms with Gasteiger partial charge in [-0.2, -0.15) is 0 Å². The molecule has 1 saturated heterocycles. The molecule has 0 saturated carbocycles. The number of benzene rings is 1. The van der Waals surface area contributed by atoms with Crippen LogP contribution in [0.25, 0.3) is 0 Å². The molecule has 4 amide bonds. The van der Waals surface area contributed by atoms with Crippen LogP contribution in [0.1, 0.15) is 43.5 Å². The molecular formula is C18H22ClN3O5. The zero-order valence-electron chi connectivity index (χ0n) is 15.2. The molecule has 0 aliphatic carbocycles. The van der Waals surface area contributed by atoms with Gasteiger partial charge in [0.2, 0.25) is 5.91 Å². The summed E-state index contributed by atoms with van der Waals surface area (Å²) in [7, 11) is 0. The van der Waals surface area contributed by atoms with Crippen LogP contribution in [0.4, 0.5) is 10.5 Å². The number of carbonyl (C=O) groups is 4. The number of amides is 4. The quantitative estimate of drug-likeness (QED) is 0.719. The molecule has 1 heterocycles. The molecule has 2 N–H and O–H groups in total. The van der Waals surface area contributed by atoms with Gasteiger partial charge in [-0.1, -0.05) is 18.5 Å². The Morgan fingerprint density at radius 1 is 1.33 bits per heavy atom. The van der Waals surface area contributed by atoms with Gasteiger partial charge in [0.05, 0.1) is 16.3 Å². The molecule has 0 unspecified atom stereocenters. The van der Waals surface area contributed by atoms with E-state index >= 15 is 0 Å². The number of ether oxygens (including phenoxy) is 1. The fourth-order valence-corrected chi connectivity index (χ4v) is 2.71. The second-order valence-electron chi connectivity index (χ2n) is 6.22. The normalized spacial score (nSPS) is 14.6. The van der Waals surface area contributed by atoms with E-state index in [1.54, 1.807) is 6.92 Å². The highest BCUT2D eigenvalue weighted by molar-refractivity contribution is 6.34. The number of hydrogen-bond donors (Lipinski definition) is 2. The summed E-state index contributed by atoms with van der Waals surface area (Å²) in [6.45, 7) is 3.62. The molecule has 1 aromatic carbocycles. The van der Waals surface area contributed by atoms with Gasteiger partial charge in [0.15, 0.2) is 6.61 Å². The third-order valence-electron chi connectivity index (χ3n) is 4.12. The van der Waals surface area contributed by atoms with Crippen LogP contribution in [-0.4, -0.2) is 43.0 Å². The molecule has 146 valence electrons. The van der Waals surface area contributed by atoms with E-state index in [1.807, 2.05) is 6.92 Å². The van der Waals surface area contributed by atoms with Crippen molar-refractivity contribution in [3.05, 3.63) is 28.8 Å². The Labute approximate surface area is 162 Å². The monoisotopic (exact) mass is 395 g/mol. The number of urea groups is 1. The molecule has 1 atom stereocenters. The number of imide groups is 1. The van der Waals surface area contributed by atoms with Gasteiger partial charge in [0, 0.05) is 19.0 Å². The fraction of sp³-hybridized carbons (Fsp3) is 0.444. The molecule has 1 fully saturated rings. The number of rotatable bonds is 6. The first-order valence-electron chi connectivity index (χ1n) is 8.69. The van der Waals surface area contributed by atoms with Crippen LogP contribution in [0.2, 0.25) is 5.02 Å². The summed E-state index contributed by atoms with van der Waals surface area (Å²) >= 11 is 6.13. The number of anilines is 1. The van der Waals surface area contributed by atoms with Gasteiger partial charge >= 0.3 is 12.0 Å². The van der Waals surface area contributed by atoms with Crippen LogP contribution in [0.3, 0.4) is 0 Å². The molecule has 1 aromatic rings. The summed E-state index contributed by atoms with van der Waals surface area (Å²) in [5, 5.41) is 5.00. The summed E-state index contributed by atoms with van der Waals surface area (Å²) in [5.74, 6) is -1.56. The minimum absolute atomic E-state index is 0.0610. The third kappa shape index (κ3) is 5.68. The molecule has 27 heavy (non-hydrogen) atoms. The van der Waals surface area contributed by atoms with Crippen molar-refractivity contribution in [3.8, 4) is 0 Å². The van der Waals surface area contributed by atoms with Crippen LogP contribution in [0, 0.1) is 0 Å². The van der Waals surface area contributed by atoms with Crippen LogP contribution in [-0.2, 0) is 14.3 Å². The van der Waals surface area contributed by atoms with Gasteiger partial charge in [0.1, 0.15) is 0 Å². The fourth-order valence-electron chi connectivity index (χ4n) is 2.49. The Morgan fingerprint density at radius 2 is 2.07 bits per heavy atom. The van der Waals surface area contributed by atoms with Crippen molar-refractivity contribution in [2.45, 2.75) is 39.2 Å². The van der Waals surface area contributed by atoms with Gasteiger partial charge in [0.25, 0.3) is 5.91 Å². The number of carbonyl (C=O) groups excluding carboxylic acids is 4. The van der Waals surface area contributed by atoms with Crippen molar-refractivity contribution in [1.29, 1.82) is 0 Å². The summed E-state index contributed by atoms with van der Waals surface area (Å²) in [6.07, 6.45) is 1.88. The third-order valence-corrected chi connectivity index (χ3v) is 4.44. The van der Waals surface area contributed by atoms with Gasteiger partial charge in [-0.05, 0) is 38.0 Å². The van der Waals surface area contributed by atoms with Gasteiger partial charge in [-0.15, -0.1) is 0 Å². The highest BCUT2D eigenvalue weighted by Gasteiger charge is 2.25. The van der Waals surface area contributed by atoms with E-state index < -0.39 is 24.5 Å². The summed E-state index contributed by atoms with van der Waals surface area (Å²) in [4.78, 5) is 48.8. The standard InChI is InChI=1S/C18H22ClN3O5/c1-3-11(2)20-18(26)21-15(23)10-27-17(25)12-6-7-13(19)14(9-12)22-8-4-5-16(22)24/h6-7,9,11H,3-5,8,10H2,1-2H3,(H2,20,21,23,26)/t11-/m1/s1. The van der Waals surface area contributed by atoms with Crippen LogP contribution >= 0.6 is 11.6 Å². The molecule has 0 bridgehead atoms. The highest BCUT2D eigenvalue weighted by atomic mass is 35.5. The van der Waals surface area contributed by atoms with Crippen molar-refractivity contribution in [1.82, 2.24) is 10.6 Å². The summed E-state index contributed by atoms with van der Waals surface area (Å²) in [6, 6.07) is 3.68. The van der Waals surface area contributed by atoms with E-state index in [1.165, 1.54) is 23.1 Å². The summed E-state index contributed by atoms with van der Waals surface area (Å²) < 4.78 is 4.93. The minimum Gasteiger partial charge on any atom is -0.452 e. The van der Waals surface area contributed by atoms with E-state index in [-0.39, 0.29) is 17.5 Å². The van der Waals surface area contributed by atoms with Crippen LogP contribution < -0.4 is 15.5 Å². The average Bonchev–Trinajstić information content (AvgIpc) is 3.05. The average molecular weight is 396 g/mol. The number of halogens is 1. The Hall–Kier alpha value is -2.61. The van der Waals surface area contributed by atoms with Crippen molar-refractivity contribution >= 4 is 41.1 Å². The Morgan fingerprint density at radius 3 is 2.70 bits per heavy atom. The molecular weight excluding hydrogens is 374 g/mol. The van der Waals surface area contributed by atoms with Gasteiger partial charge in [-0.3, -0.25) is 14.9 Å². The first-order valence-corrected chi connectivity index (χ1v) is 9.07. The number of hydrogen-bond acceptors (Lipinski definition) is 5. The summed E-state index contributed by atoms with van der Waals surface area (Å²) in [5.41, 5.74) is 0.594. The number of nitrogens with zero attached hydrogens (tertiary/aromatic N) is 1. The van der Waals surface area contributed by atoms with Crippen molar-refractivity contribution < 1.29 is 23.9 Å². The van der Waals surface area contributed by atoms with E-state index in [0.29, 0.717) is 23.7 Å². The predicted octanol–water partition coefficient (Wildman–Crippen LogP) is 2.25. The van der Waals surface area contributed by atoms with E-state index in [0.717, 1.165) is 12.8 Å². The highest BCUT2D eigenvalue weighted by Crippen LogP contribution is 2.30. The maximum atomic E-state index is 12.2. The Kier molecular flexibility index (Phi) is 7.18. The van der Waals surface area contributed by atoms with E-state index in [9.17, 15) is 19.2 Å². The largest absolute Gasteiger partial charge is 0.452 e. The maximum absolute atomic E-state index is 12.2. The lowest BCUT2D eigenvalue weighted by Crippen LogP contribution is -2.44. The second-order valence-corrected chi connectivity index (χ2v) is 6.63. The number of nitrogens with one attached hydrogen (secondary N) is 2. The number of esters is 1. The second kappa shape index (κ2) is 9.36. The van der Waals surface area contributed by atoms with E-state index in [2.05, 4.69) is 10.6 Å². The molecule has 0 spiro atoms. The van der Waals surface area contributed by atoms with Crippen molar-refractivity contribution in [2.75, 3.05) is 18.1 Å². The molecule has 8 nitrogen and oxygen atoms in total. The molecule has 0 aromatic heterocycles. The van der Waals surface area contributed by atoms with Crippen molar-refractivity contribution in [2.24, 2.45) is 0 Å². The molecule has 0 radical (unpaired) electrons. The first kappa shape index (κ1) is 20.7. The Balaban J connectivity index is 1.93. The smallest absolute Gasteiger partial charge is 0.338 e. The van der Waals surface area contributed by atoms with Crippen molar-refractivity contribution in [3.63, 3.8) is 0 Å². The van der Waals surface area contributed by atoms with Gasteiger partial charge in [-0.25, -0.2) is 9.59 Å². The lowest BCUT2D eigenvalue weighted by Gasteiger charge is -2.18.